The summed E-state index contributed by atoms with van der Waals surface area (Å²) in [6, 6.07) is 5.35. The molecule has 3 rings (SSSR count). The normalized spacial score (nSPS) is 16.8. The fourth-order valence-electron chi connectivity index (χ4n) is 3.29. The Hall–Kier alpha value is -1.32. The Kier molecular flexibility index (Phi) is 3.57. The Morgan fingerprint density at radius 2 is 1.95 bits per heavy atom. The Labute approximate surface area is 121 Å². The van der Waals surface area contributed by atoms with Crippen LogP contribution in [0.15, 0.2) is 18.3 Å². The largest absolute Gasteiger partial charge is 0.347 e. The highest BCUT2D eigenvalue weighted by atomic mass is 15.1. The zero-order chi connectivity index (χ0) is 14.3. The summed E-state index contributed by atoms with van der Waals surface area (Å²) in [5, 5.41) is 4.79. The van der Waals surface area contributed by atoms with Crippen molar-refractivity contribution in [2.45, 2.75) is 45.9 Å². The number of aromatic nitrogens is 1. The number of rotatable bonds is 4. The Morgan fingerprint density at radius 1 is 1.25 bits per heavy atom. The molecule has 2 aromatic rings. The van der Waals surface area contributed by atoms with Gasteiger partial charge in [0.2, 0.25) is 0 Å². The maximum Gasteiger partial charge on any atom is 0.0486 e. The number of nitrogens with zero attached hydrogens (tertiary/aromatic N) is 2. The highest BCUT2D eigenvalue weighted by Crippen LogP contribution is 2.30. The molecular formula is C17H25N3. The van der Waals surface area contributed by atoms with Crippen molar-refractivity contribution in [3.8, 4) is 0 Å². The van der Waals surface area contributed by atoms with Crippen molar-refractivity contribution in [1.29, 1.82) is 0 Å². The third-order valence-corrected chi connectivity index (χ3v) is 4.53. The number of likely N-dealkylation sites (N-methyl/N-ethyl adjacent to an activating group) is 1. The molecule has 108 valence electrons. The third kappa shape index (κ3) is 2.25. The van der Waals surface area contributed by atoms with Crippen molar-refractivity contribution in [3.63, 3.8) is 0 Å². The van der Waals surface area contributed by atoms with Gasteiger partial charge in [-0.2, -0.15) is 0 Å². The van der Waals surface area contributed by atoms with Gasteiger partial charge in [0.15, 0.2) is 0 Å². The van der Waals surface area contributed by atoms with Crippen LogP contribution in [0, 0.1) is 0 Å². The van der Waals surface area contributed by atoms with Gasteiger partial charge in [0.05, 0.1) is 0 Å². The van der Waals surface area contributed by atoms with Crippen molar-refractivity contribution in [1.82, 2.24) is 14.8 Å². The van der Waals surface area contributed by atoms with Gasteiger partial charge in [0.25, 0.3) is 0 Å². The molecule has 20 heavy (non-hydrogen) atoms. The predicted octanol–water partition coefficient (Wildman–Crippen LogP) is 2.76. The van der Waals surface area contributed by atoms with Gasteiger partial charge in [-0.15, -0.1) is 0 Å². The SMILES string of the molecule is CCn1cc(CC(C)NC)c2cc3c(cc21)CN(C)C3. The third-order valence-electron chi connectivity index (χ3n) is 4.53. The van der Waals surface area contributed by atoms with E-state index >= 15 is 0 Å². The average Bonchev–Trinajstić information content (AvgIpc) is 2.95. The fraction of sp³-hybridized carbons (Fsp3) is 0.529. The van der Waals surface area contributed by atoms with E-state index in [2.05, 4.69) is 54.0 Å². The Bertz CT molecular complexity index is 627. The summed E-state index contributed by atoms with van der Waals surface area (Å²) in [6.07, 6.45) is 3.44. The van der Waals surface area contributed by atoms with Gasteiger partial charge in [0, 0.05) is 42.8 Å². The molecule has 1 atom stereocenters. The van der Waals surface area contributed by atoms with Crippen molar-refractivity contribution < 1.29 is 0 Å². The number of fused-ring (bicyclic) bond motifs is 2. The lowest BCUT2D eigenvalue weighted by molar-refractivity contribution is 0.353. The molecule has 0 amide bonds. The lowest BCUT2D eigenvalue weighted by Crippen LogP contribution is -2.23. The molecule has 1 aromatic carbocycles. The van der Waals surface area contributed by atoms with Crippen molar-refractivity contribution in [2.24, 2.45) is 0 Å². The van der Waals surface area contributed by atoms with Crippen LogP contribution in [0.25, 0.3) is 10.9 Å². The minimum Gasteiger partial charge on any atom is -0.347 e. The van der Waals surface area contributed by atoms with Crippen molar-refractivity contribution in [2.75, 3.05) is 14.1 Å². The summed E-state index contributed by atoms with van der Waals surface area (Å²) in [5.74, 6) is 0. The smallest absolute Gasteiger partial charge is 0.0486 e. The first-order chi connectivity index (χ1) is 9.62. The molecule has 3 nitrogen and oxygen atoms in total. The van der Waals surface area contributed by atoms with E-state index in [4.69, 9.17) is 0 Å². The van der Waals surface area contributed by atoms with E-state index in [1.807, 2.05) is 7.05 Å². The van der Waals surface area contributed by atoms with E-state index in [1.54, 1.807) is 0 Å². The quantitative estimate of drug-likeness (QED) is 0.922. The summed E-state index contributed by atoms with van der Waals surface area (Å²) < 4.78 is 2.39. The van der Waals surface area contributed by atoms with Gasteiger partial charge in [-0.25, -0.2) is 0 Å². The van der Waals surface area contributed by atoms with E-state index in [0.29, 0.717) is 6.04 Å². The molecule has 0 aliphatic carbocycles. The van der Waals surface area contributed by atoms with E-state index in [9.17, 15) is 0 Å². The van der Waals surface area contributed by atoms with Crippen LogP contribution in [0.1, 0.15) is 30.5 Å². The standard InChI is InChI=1S/C17H25N3/c1-5-20-11-15(6-12(2)18-3)16-7-13-9-19(4)10-14(13)8-17(16)20/h7-8,11-12,18H,5-6,9-10H2,1-4H3. The molecular weight excluding hydrogens is 246 g/mol. The minimum absolute atomic E-state index is 0.516. The highest BCUT2D eigenvalue weighted by Gasteiger charge is 2.19. The monoisotopic (exact) mass is 271 g/mol. The first kappa shape index (κ1) is 13.7. The molecule has 1 aliphatic rings. The van der Waals surface area contributed by atoms with Crippen molar-refractivity contribution >= 4 is 10.9 Å². The molecule has 0 saturated carbocycles. The molecule has 1 aliphatic heterocycles. The molecule has 0 bridgehead atoms. The average molecular weight is 271 g/mol. The van der Waals surface area contributed by atoms with Crippen LogP contribution in [0.5, 0.6) is 0 Å². The molecule has 0 saturated heterocycles. The lowest BCUT2D eigenvalue weighted by Gasteiger charge is -2.09. The second-order valence-electron chi connectivity index (χ2n) is 6.14. The highest BCUT2D eigenvalue weighted by molar-refractivity contribution is 5.86. The van der Waals surface area contributed by atoms with Crippen molar-refractivity contribution in [3.05, 3.63) is 35.0 Å². The van der Waals surface area contributed by atoms with Crippen LogP contribution in [-0.2, 0) is 26.1 Å². The van der Waals surface area contributed by atoms with Gasteiger partial charge < -0.3 is 9.88 Å². The molecule has 0 spiro atoms. The van der Waals surface area contributed by atoms with E-state index in [-0.39, 0.29) is 0 Å². The van der Waals surface area contributed by atoms with Crippen LogP contribution in [-0.4, -0.2) is 29.6 Å². The van der Waals surface area contributed by atoms with Gasteiger partial charge >= 0.3 is 0 Å². The van der Waals surface area contributed by atoms with Gasteiger partial charge in [-0.05, 0) is 63.2 Å². The molecule has 1 aromatic heterocycles. The second kappa shape index (κ2) is 5.23. The van der Waals surface area contributed by atoms with Crippen LogP contribution in [0.4, 0.5) is 0 Å². The molecule has 2 heterocycles. The van der Waals surface area contributed by atoms with Crippen LogP contribution >= 0.6 is 0 Å². The number of aryl methyl sites for hydroxylation is 1. The topological polar surface area (TPSA) is 20.2 Å². The number of hydrogen-bond acceptors (Lipinski definition) is 2. The number of benzene rings is 1. The van der Waals surface area contributed by atoms with E-state index in [0.717, 1.165) is 26.1 Å². The maximum absolute atomic E-state index is 3.35. The molecule has 1 N–H and O–H groups in total. The summed E-state index contributed by atoms with van der Waals surface area (Å²) in [7, 11) is 4.23. The first-order valence-electron chi connectivity index (χ1n) is 7.61. The van der Waals surface area contributed by atoms with Gasteiger partial charge in [0.1, 0.15) is 0 Å². The summed E-state index contributed by atoms with van der Waals surface area (Å²) in [4.78, 5) is 2.38. The fourth-order valence-corrected chi connectivity index (χ4v) is 3.29. The number of nitrogens with one attached hydrogen (secondary N) is 1. The molecule has 3 heteroatoms. The minimum atomic E-state index is 0.516. The van der Waals surface area contributed by atoms with E-state index < -0.39 is 0 Å². The lowest BCUT2D eigenvalue weighted by atomic mass is 10.0. The summed E-state index contributed by atoms with van der Waals surface area (Å²) >= 11 is 0. The van der Waals surface area contributed by atoms with Gasteiger partial charge in [-0.1, -0.05) is 0 Å². The Balaban J connectivity index is 2.10. The summed E-state index contributed by atoms with van der Waals surface area (Å²) in [6.45, 7) is 7.69. The Morgan fingerprint density at radius 3 is 2.60 bits per heavy atom. The van der Waals surface area contributed by atoms with E-state index in [1.165, 1.54) is 27.6 Å². The zero-order valence-electron chi connectivity index (χ0n) is 13.0. The molecule has 0 radical (unpaired) electrons. The van der Waals surface area contributed by atoms with Crippen LogP contribution < -0.4 is 5.32 Å². The van der Waals surface area contributed by atoms with Crippen LogP contribution in [0.3, 0.4) is 0 Å². The number of hydrogen-bond donors (Lipinski definition) is 1. The molecule has 0 fully saturated rings. The molecule has 1 unspecified atom stereocenters. The van der Waals surface area contributed by atoms with Crippen LogP contribution in [0.2, 0.25) is 0 Å². The van der Waals surface area contributed by atoms with Gasteiger partial charge in [-0.3, -0.25) is 4.90 Å². The maximum atomic E-state index is 3.35. The second-order valence-corrected chi connectivity index (χ2v) is 6.14. The summed E-state index contributed by atoms with van der Waals surface area (Å²) in [5.41, 5.74) is 5.88. The first-order valence-corrected chi connectivity index (χ1v) is 7.61. The zero-order valence-corrected chi connectivity index (χ0v) is 13.0. The predicted molar refractivity (Wildman–Crippen MR) is 85.0 cm³/mol.